The van der Waals surface area contributed by atoms with Crippen molar-refractivity contribution in [3.8, 4) is 0 Å². The lowest BCUT2D eigenvalue weighted by molar-refractivity contribution is -0.134. The van der Waals surface area contributed by atoms with Crippen LogP contribution in [0.3, 0.4) is 0 Å². The van der Waals surface area contributed by atoms with Crippen molar-refractivity contribution in [2.24, 2.45) is 0 Å². The van der Waals surface area contributed by atoms with Gasteiger partial charge in [0, 0.05) is 44.6 Å². The highest BCUT2D eigenvalue weighted by Gasteiger charge is 2.27. The summed E-state index contributed by atoms with van der Waals surface area (Å²) < 4.78 is 2.84. The van der Waals surface area contributed by atoms with Crippen molar-refractivity contribution >= 4 is 11.6 Å². The maximum absolute atomic E-state index is 12.8. The number of hydrogen-bond acceptors (Lipinski definition) is 5. The number of pyridine rings is 2. The molecule has 1 atom stereocenters. The summed E-state index contributed by atoms with van der Waals surface area (Å²) in [7, 11) is 0. The number of carbonyl (C=O) groups is 1. The van der Waals surface area contributed by atoms with Crippen molar-refractivity contribution in [1.82, 2.24) is 29.4 Å². The molecule has 1 saturated heterocycles. The van der Waals surface area contributed by atoms with Crippen molar-refractivity contribution in [2.45, 2.75) is 19.0 Å². The number of amides is 1. The molecule has 0 radical (unpaired) electrons. The number of nitrogens with one attached hydrogen (secondary N) is 1. The van der Waals surface area contributed by atoms with E-state index in [1.54, 1.807) is 30.7 Å². The Balaban J connectivity index is 1.49. The SMILES string of the molecule is O=C(CCn1nc2ccccn2c1=O)N1CCNCC1c1cccnc1. The summed E-state index contributed by atoms with van der Waals surface area (Å²) in [5.41, 5.74) is 1.37. The lowest BCUT2D eigenvalue weighted by Crippen LogP contribution is -2.49. The molecule has 4 heterocycles. The fraction of sp³-hybridized carbons (Fsp3) is 0.333. The maximum Gasteiger partial charge on any atom is 0.350 e. The molecule has 0 aliphatic carbocycles. The quantitative estimate of drug-likeness (QED) is 0.737. The van der Waals surface area contributed by atoms with E-state index in [-0.39, 0.29) is 30.6 Å². The molecule has 3 aromatic rings. The molecule has 1 fully saturated rings. The number of nitrogens with zero attached hydrogens (tertiary/aromatic N) is 5. The van der Waals surface area contributed by atoms with Crippen LogP contribution in [0.1, 0.15) is 18.0 Å². The summed E-state index contributed by atoms with van der Waals surface area (Å²) in [4.78, 5) is 31.2. The highest BCUT2D eigenvalue weighted by Crippen LogP contribution is 2.22. The normalized spacial score (nSPS) is 17.5. The zero-order valence-electron chi connectivity index (χ0n) is 14.3. The highest BCUT2D eigenvalue weighted by molar-refractivity contribution is 5.76. The molecule has 1 unspecified atom stereocenters. The second kappa shape index (κ2) is 7.09. The predicted molar refractivity (Wildman–Crippen MR) is 95.6 cm³/mol. The average Bonchev–Trinajstić information content (AvgIpc) is 3.03. The van der Waals surface area contributed by atoms with Crippen LogP contribution in [0.25, 0.3) is 5.65 Å². The molecule has 1 amide bonds. The van der Waals surface area contributed by atoms with Gasteiger partial charge in [0.25, 0.3) is 0 Å². The van der Waals surface area contributed by atoms with Crippen LogP contribution >= 0.6 is 0 Å². The fourth-order valence-electron chi connectivity index (χ4n) is 3.33. The van der Waals surface area contributed by atoms with Crippen LogP contribution in [0.15, 0.2) is 53.7 Å². The smallest absolute Gasteiger partial charge is 0.333 e. The largest absolute Gasteiger partial charge is 0.350 e. The molecule has 0 bridgehead atoms. The van der Waals surface area contributed by atoms with Gasteiger partial charge < -0.3 is 10.2 Å². The third kappa shape index (κ3) is 3.11. The van der Waals surface area contributed by atoms with Crippen LogP contribution < -0.4 is 11.0 Å². The predicted octanol–water partition coefficient (Wildman–Crippen LogP) is 0.454. The molecular weight excluding hydrogens is 332 g/mol. The number of fused-ring (bicyclic) bond motifs is 1. The minimum atomic E-state index is -0.225. The monoisotopic (exact) mass is 352 g/mol. The molecule has 1 N–H and O–H groups in total. The Morgan fingerprint density at radius 3 is 3.00 bits per heavy atom. The number of carbonyl (C=O) groups excluding carboxylic acids is 1. The number of rotatable bonds is 4. The van der Waals surface area contributed by atoms with Gasteiger partial charge in [0.2, 0.25) is 5.91 Å². The van der Waals surface area contributed by atoms with Crippen molar-refractivity contribution in [1.29, 1.82) is 0 Å². The van der Waals surface area contributed by atoms with Crippen molar-refractivity contribution in [2.75, 3.05) is 19.6 Å². The Hall–Kier alpha value is -3.00. The van der Waals surface area contributed by atoms with E-state index in [4.69, 9.17) is 0 Å². The van der Waals surface area contributed by atoms with Gasteiger partial charge >= 0.3 is 5.69 Å². The molecule has 1 aliphatic heterocycles. The second-order valence-electron chi connectivity index (χ2n) is 6.28. The Morgan fingerprint density at radius 2 is 2.19 bits per heavy atom. The lowest BCUT2D eigenvalue weighted by atomic mass is 10.0. The van der Waals surface area contributed by atoms with Gasteiger partial charge in [0.1, 0.15) is 0 Å². The van der Waals surface area contributed by atoms with Crippen molar-refractivity contribution in [3.63, 3.8) is 0 Å². The Kier molecular flexibility index (Phi) is 4.49. The number of aryl methyl sites for hydroxylation is 1. The van der Waals surface area contributed by atoms with Gasteiger partial charge in [-0.1, -0.05) is 12.1 Å². The van der Waals surface area contributed by atoms with E-state index in [0.717, 1.165) is 12.1 Å². The Morgan fingerprint density at radius 1 is 1.27 bits per heavy atom. The van der Waals surface area contributed by atoms with E-state index in [1.165, 1.54) is 9.08 Å². The number of hydrogen-bond donors (Lipinski definition) is 1. The van der Waals surface area contributed by atoms with E-state index in [2.05, 4.69) is 15.4 Å². The van der Waals surface area contributed by atoms with Gasteiger partial charge in [-0.05, 0) is 23.8 Å². The molecule has 26 heavy (non-hydrogen) atoms. The second-order valence-corrected chi connectivity index (χ2v) is 6.28. The molecule has 134 valence electrons. The molecule has 4 rings (SSSR count). The first-order valence-corrected chi connectivity index (χ1v) is 8.68. The molecule has 0 spiro atoms. The molecule has 8 heteroatoms. The first kappa shape index (κ1) is 16.5. The molecule has 3 aromatic heterocycles. The van der Waals surface area contributed by atoms with Gasteiger partial charge in [-0.2, -0.15) is 0 Å². The van der Waals surface area contributed by atoms with E-state index in [0.29, 0.717) is 18.7 Å². The molecule has 0 saturated carbocycles. The highest BCUT2D eigenvalue weighted by atomic mass is 16.2. The van der Waals surface area contributed by atoms with E-state index in [9.17, 15) is 9.59 Å². The first-order valence-electron chi connectivity index (χ1n) is 8.68. The third-order valence-electron chi connectivity index (χ3n) is 4.66. The molecule has 0 aromatic carbocycles. The van der Waals surface area contributed by atoms with E-state index < -0.39 is 0 Å². The van der Waals surface area contributed by atoms with Crippen LogP contribution in [0.4, 0.5) is 0 Å². The summed E-state index contributed by atoms with van der Waals surface area (Å²) >= 11 is 0. The first-order chi connectivity index (χ1) is 12.7. The van der Waals surface area contributed by atoms with Crippen LogP contribution in [0, 0.1) is 0 Å². The van der Waals surface area contributed by atoms with Gasteiger partial charge in [-0.15, -0.1) is 5.10 Å². The number of piperazine rings is 1. The van der Waals surface area contributed by atoms with Gasteiger partial charge in [-0.3, -0.25) is 14.2 Å². The van der Waals surface area contributed by atoms with Crippen LogP contribution in [0.5, 0.6) is 0 Å². The fourth-order valence-corrected chi connectivity index (χ4v) is 3.33. The van der Waals surface area contributed by atoms with Crippen molar-refractivity contribution in [3.05, 3.63) is 65.0 Å². The van der Waals surface area contributed by atoms with E-state index >= 15 is 0 Å². The minimum Gasteiger partial charge on any atom is -0.333 e. The van der Waals surface area contributed by atoms with Gasteiger partial charge in [-0.25, -0.2) is 9.48 Å². The van der Waals surface area contributed by atoms with Crippen molar-refractivity contribution < 1.29 is 4.79 Å². The summed E-state index contributed by atoms with van der Waals surface area (Å²) in [6.07, 6.45) is 5.44. The number of aromatic nitrogens is 4. The van der Waals surface area contributed by atoms with Crippen LogP contribution in [-0.4, -0.2) is 49.6 Å². The average molecular weight is 352 g/mol. The Labute approximate surface area is 150 Å². The molecule has 1 aliphatic rings. The Bertz CT molecular complexity index is 964. The lowest BCUT2D eigenvalue weighted by Gasteiger charge is -2.36. The summed E-state index contributed by atoms with van der Waals surface area (Å²) in [5.74, 6) is 0.0179. The summed E-state index contributed by atoms with van der Waals surface area (Å²) in [6, 6.07) is 9.21. The topological polar surface area (TPSA) is 84.5 Å². The zero-order valence-corrected chi connectivity index (χ0v) is 14.3. The third-order valence-corrected chi connectivity index (χ3v) is 4.66. The maximum atomic E-state index is 12.8. The summed E-state index contributed by atoms with van der Waals surface area (Å²) in [5, 5.41) is 7.61. The van der Waals surface area contributed by atoms with E-state index in [1.807, 2.05) is 23.1 Å². The van der Waals surface area contributed by atoms with Crippen LogP contribution in [-0.2, 0) is 11.3 Å². The zero-order chi connectivity index (χ0) is 17.9. The van der Waals surface area contributed by atoms with Gasteiger partial charge in [0.05, 0.1) is 12.6 Å². The standard InChI is InChI=1S/C18H20N6O2/c25-17(6-10-24-18(26)23-9-2-1-5-16(23)21-24)22-11-8-20-13-15(22)14-4-3-7-19-12-14/h1-5,7,9,12,15,20H,6,8,10-11,13H2. The molecular formula is C18H20N6O2. The minimum absolute atomic E-state index is 0.0179. The molecule has 8 nitrogen and oxygen atoms in total. The van der Waals surface area contributed by atoms with Crippen LogP contribution in [0.2, 0.25) is 0 Å². The van der Waals surface area contributed by atoms with Gasteiger partial charge in [0.15, 0.2) is 5.65 Å². The summed E-state index contributed by atoms with van der Waals surface area (Å²) in [6.45, 7) is 2.37.